The number of para-hydroxylation sites is 1. The third kappa shape index (κ3) is 3.57. The zero-order chi connectivity index (χ0) is 27.6. The first-order chi connectivity index (χ1) is 20.8. The molecule has 5 heteroatoms. The fourth-order valence-corrected chi connectivity index (χ4v) is 7.10. The monoisotopic (exact) mass is 558 g/mol. The van der Waals surface area contributed by atoms with Gasteiger partial charge in [-0.25, -0.2) is 4.98 Å². The Balaban J connectivity index is 1.22. The highest BCUT2D eigenvalue weighted by Crippen LogP contribution is 2.43. The van der Waals surface area contributed by atoms with Crippen molar-refractivity contribution in [2.24, 2.45) is 0 Å². The van der Waals surface area contributed by atoms with Crippen LogP contribution in [-0.2, 0) is 0 Å². The number of furan rings is 1. The topological polar surface area (TPSA) is 42.4 Å². The van der Waals surface area contributed by atoms with E-state index in [4.69, 9.17) is 13.8 Å². The lowest BCUT2D eigenvalue weighted by atomic mass is 10.1. The van der Waals surface area contributed by atoms with Gasteiger partial charge < -0.3 is 13.7 Å². The number of oxazole rings is 1. The maximum absolute atomic E-state index is 6.44. The number of rotatable bonds is 4. The summed E-state index contributed by atoms with van der Waals surface area (Å²) in [7, 11) is 0. The van der Waals surface area contributed by atoms with Crippen molar-refractivity contribution in [1.82, 2.24) is 4.98 Å². The zero-order valence-electron chi connectivity index (χ0n) is 22.3. The van der Waals surface area contributed by atoms with Crippen LogP contribution in [0, 0.1) is 0 Å². The summed E-state index contributed by atoms with van der Waals surface area (Å²) >= 11 is 1.83. The van der Waals surface area contributed by atoms with E-state index in [0.29, 0.717) is 5.89 Å². The Kier molecular flexibility index (Phi) is 5.03. The Morgan fingerprint density at radius 1 is 0.500 bits per heavy atom. The lowest BCUT2D eigenvalue weighted by molar-refractivity contribution is 0.619. The molecule has 42 heavy (non-hydrogen) atoms. The van der Waals surface area contributed by atoms with Crippen molar-refractivity contribution in [1.29, 1.82) is 0 Å². The van der Waals surface area contributed by atoms with Gasteiger partial charge in [-0.3, -0.25) is 0 Å². The number of thiophene rings is 1. The maximum Gasteiger partial charge on any atom is 0.227 e. The van der Waals surface area contributed by atoms with Gasteiger partial charge in [-0.05, 0) is 66.7 Å². The third-order valence-electron chi connectivity index (χ3n) is 7.89. The van der Waals surface area contributed by atoms with Crippen LogP contribution in [0.5, 0.6) is 0 Å². The van der Waals surface area contributed by atoms with Crippen molar-refractivity contribution < 1.29 is 8.83 Å². The molecule has 0 bridgehead atoms. The molecule has 3 aromatic heterocycles. The molecule has 0 radical (unpaired) electrons. The van der Waals surface area contributed by atoms with Gasteiger partial charge in [0.1, 0.15) is 16.7 Å². The molecule has 0 fully saturated rings. The number of nitrogens with zero attached hydrogens (tertiary/aromatic N) is 2. The minimum Gasteiger partial charge on any atom is -0.456 e. The normalized spacial score (nSPS) is 11.8. The first-order valence-corrected chi connectivity index (χ1v) is 14.7. The molecule has 0 aliphatic rings. The number of anilines is 3. The molecule has 9 rings (SSSR count). The van der Waals surface area contributed by atoms with E-state index < -0.39 is 0 Å². The second-order valence-corrected chi connectivity index (χ2v) is 11.5. The van der Waals surface area contributed by atoms with E-state index in [1.165, 1.54) is 20.2 Å². The van der Waals surface area contributed by atoms with Gasteiger partial charge in [-0.15, -0.1) is 11.3 Å². The van der Waals surface area contributed by atoms with Gasteiger partial charge in [0, 0.05) is 54.3 Å². The van der Waals surface area contributed by atoms with E-state index in [1.54, 1.807) is 0 Å². The fraction of sp³-hybridized carbons (Fsp3) is 0. The van der Waals surface area contributed by atoms with Gasteiger partial charge in [-0.2, -0.15) is 0 Å². The van der Waals surface area contributed by atoms with Crippen LogP contribution < -0.4 is 4.90 Å². The Morgan fingerprint density at radius 3 is 2.05 bits per heavy atom. The fourth-order valence-electron chi connectivity index (χ4n) is 5.96. The van der Waals surface area contributed by atoms with Crippen molar-refractivity contribution in [2.75, 3.05) is 4.90 Å². The first kappa shape index (κ1) is 23.3. The van der Waals surface area contributed by atoms with Crippen LogP contribution in [0.15, 0.2) is 142 Å². The lowest BCUT2D eigenvalue weighted by Crippen LogP contribution is -2.09. The second-order valence-electron chi connectivity index (χ2n) is 10.4. The van der Waals surface area contributed by atoms with Crippen LogP contribution in [-0.4, -0.2) is 4.98 Å². The van der Waals surface area contributed by atoms with Crippen LogP contribution in [0.4, 0.5) is 17.1 Å². The highest BCUT2D eigenvalue weighted by molar-refractivity contribution is 7.25. The van der Waals surface area contributed by atoms with Crippen molar-refractivity contribution in [2.45, 2.75) is 0 Å². The predicted molar refractivity (Wildman–Crippen MR) is 174 cm³/mol. The van der Waals surface area contributed by atoms with Gasteiger partial charge in [0.25, 0.3) is 0 Å². The molecule has 0 saturated heterocycles. The molecule has 0 aliphatic heterocycles. The summed E-state index contributed by atoms with van der Waals surface area (Å²) in [6.45, 7) is 0. The summed E-state index contributed by atoms with van der Waals surface area (Å²) in [5.74, 6) is 0.607. The average molecular weight is 559 g/mol. The molecular weight excluding hydrogens is 536 g/mol. The van der Waals surface area contributed by atoms with Crippen molar-refractivity contribution in [3.05, 3.63) is 133 Å². The van der Waals surface area contributed by atoms with Crippen LogP contribution in [0.2, 0.25) is 0 Å². The van der Waals surface area contributed by atoms with E-state index in [-0.39, 0.29) is 0 Å². The van der Waals surface area contributed by atoms with Gasteiger partial charge in [0.15, 0.2) is 5.58 Å². The summed E-state index contributed by atoms with van der Waals surface area (Å²) in [6.07, 6.45) is 0. The molecule has 6 aromatic carbocycles. The Morgan fingerprint density at radius 2 is 1.19 bits per heavy atom. The lowest BCUT2D eigenvalue weighted by Gasteiger charge is -2.25. The molecule has 9 aromatic rings. The van der Waals surface area contributed by atoms with Crippen molar-refractivity contribution in [3.63, 3.8) is 0 Å². The molecule has 0 saturated carbocycles. The van der Waals surface area contributed by atoms with Crippen molar-refractivity contribution >= 4 is 81.6 Å². The van der Waals surface area contributed by atoms with E-state index in [2.05, 4.69) is 89.8 Å². The maximum atomic E-state index is 6.44. The Hall–Kier alpha value is -5.39. The standard InChI is InChI=1S/C37H22N2O2S/c1-3-9-23(10-4-1)37-38-36-31(41-37)20-19-30-35(36)29-18-16-25(21-32(29)40-30)39(24-11-5-2-6-12-24)26-15-17-28-27-13-7-8-14-33(27)42-34(28)22-26/h1-22H. The second kappa shape index (κ2) is 9.06. The summed E-state index contributed by atoms with van der Waals surface area (Å²) in [6, 6.07) is 46.2. The van der Waals surface area contributed by atoms with Gasteiger partial charge in [0.2, 0.25) is 5.89 Å². The summed E-state index contributed by atoms with van der Waals surface area (Å²) < 4.78 is 15.2. The van der Waals surface area contributed by atoms with Crippen LogP contribution in [0.1, 0.15) is 0 Å². The molecule has 0 N–H and O–H groups in total. The predicted octanol–water partition coefficient (Wildman–Crippen LogP) is 11.2. The minimum absolute atomic E-state index is 0.607. The number of hydrogen-bond acceptors (Lipinski definition) is 5. The number of benzene rings is 6. The molecule has 4 nitrogen and oxygen atoms in total. The quantitative estimate of drug-likeness (QED) is 0.215. The van der Waals surface area contributed by atoms with Gasteiger partial charge >= 0.3 is 0 Å². The summed E-state index contributed by atoms with van der Waals surface area (Å²) in [5.41, 5.74) is 7.31. The smallest absolute Gasteiger partial charge is 0.227 e. The Bertz CT molecular complexity index is 2420. The Labute approximate surface area is 244 Å². The molecule has 0 aliphatic carbocycles. The van der Waals surface area contributed by atoms with E-state index in [0.717, 1.165) is 55.7 Å². The molecule has 0 unspecified atom stereocenters. The molecule has 0 spiro atoms. The number of fused-ring (bicyclic) bond motifs is 8. The molecule has 198 valence electrons. The van der Waals surface area contributed by atoms with Crippen molar-refractivity contribution in [3.8, 4) is 11.5 Å². The first-order valence-electron chi connectivity index (χ1n) is 13.9. The number of aromatic nitrogens is 1. The van der Waals surface area contributed by atoms with Gasteiger partial charge in [0.05, 0.1) is 5.39 Å². The van der Waals surface area contributed by atoms with Crippen LogP contribution >= 0.6 is 11.3 Å². The third-order valence-corrected chi connectivity index (χ3v) is 9.02. The average Bonchev–Trinajstić information content (AvgIpc) is 3.74. The molecular formula is C37H22N2O2S. The summed E-state index contributed by atoms with van der Waals surface area (Å²) in [5, 5.41) is 4.57. The van der Waals surface area contributed by atoms with Crippen LogP contribution in [0.25, 0.3) is 64.7 Å². The van der Waals surface area contributed by atoms with E-state index >= 15 is 0 Å². The van der Waals surface area contributed by atoms with Gasteiger partial charge in [-0.1, -0.05) is 60.7 Å². The molecule has 0 amide bonds. The van der Waals surface area contributed by atoms with Crippen LogP contribution in [0.3, 0.4) is 0 Å². The van der Waals surface area contributed by atoms with E-state index in [1.807, 2.05) is 59.9 Å². The highest BCUT2D eigenvalue weighted by Gasteiger charge is 2.19. The SMILES string of the molecule is c1ccc(-c2nc3c(ccc4oc5cc(N(c6ccccc6)c6ccc7c(c6)sc6ccccc67)ccc5c43)o2)cc1. The molecule has 3 heterocycles. The molecule has 0 atom stereocenters. The largest absolute Gasteiger partial charge is 0.456 e. The number of hydrogen-bond donors (Lipinski definition) is 0. The van der Waals surface area contributed by atoms with E-state index in [9.17, 15) is 0 Å². The summed E-state index contributed by atoms with van der Waals surface area (Å²) in [4.78, 5) is 7.18. The minimum atomic E-state index is 0.607. The highest BCUT2D eigenvalue weighted by atomic mass is 32.1. The zero-order valence-corrected chi connectivity index (χ0v) is 23.1.